The van der Waals surface area contributed by atoms with Crippen molar-refractivity contribution in [2.75, 3.05) is 42.3 Å². The lowest BCUT2D eigenvalue weighted by Crippen LogP contribution is -2.34. The minimum atomic E-state index is -1.53. The average Bonchev–Trinajstić information content (AvgIpc) is 3.02. The molecule has 0 aliphatic carbocycles. The molecule has 48 heavy (non-hydrogen) atoms. The molecule has 2 unspecified atom stereocenters. The zero-order valence-electron chi connectivity index (χ0n) is 29.3. The van der Waals surface area contributed by atoms with Crippen LogP contribution in [0.2, 0.25) is 5.02 Å². The molecule has 3 N–H and O–H groups in total. The monoisotopic (exact) mass is 697 g/mol. The van der Waals surface area contributed by atoms with Crippen LogP contribution < -0.4 is 25.0 Å². The molecule has 0 saturated heterocycles. The highest BCUT2D eigenvalue weighted by Crippen LogP contribution is 2.30. The molecule has 0 aromatic heterocycles. The van der Waals surface area contributed by atoms with Crippen LogP contribution in [0.25, 0.3) is 0 Å². The van der Waals surface area contributed by atoms with E-state index in [1.165, 1.54) is 7.11 Å². The van der Waals surface area contributed by atoms with Gasteiger partial charge in [0.2, 0.25) is 11.3 Å². The van der Waals surface area contributed by atoms with Crippen molar-refractivity contribution in [1.29, 1.82) is 0 Å². The third-order valence-corrected chi connectivity index (χ3v) is 8.66. The second kappa shape index (κ2) is 17.6. The van der Waals surface area contributed by atoms with E-state index in [9.17, 15) is 13.8 Å². The summed E-state index contributed by atoms with van der Waals surface area (Å²) in [5.41, 5.74) is 5.12. The van der Waals surface area contributed by atoms with Crippen molar-refractivity contribution in [1.82, 2.24) is 4.72 Å². The van der Waals surface area contributed by atoms with Crippen LogP contribution in [0.3, 0.4) is 0 Å². The number of benzene rings is 3. The number of hydrogen-bond donors (Lipinski definition) is 3. The van der Waals surface area contributed by atoms with Gasteiger partial charge in [-0.05, 0) is 87.7 Å². The van der Waals surface area contributed by atoms with Gasteiger partial charge in [0.15, 0.2) is 6.10 Å². The molecular weight excluding hydrogens is 650 g/mol. The molecule has 0 bridgehead atoms. The highest BCUT2D eigenvalue weighted by atomic mass is 35.5. The van der Waals surface area contributed by atoms with Gasteiger partial charge in [0, 0.05) is 36.4 Å². The molecule has 2 atom stereocenters. The fourth-order valence-corrected chi connectivity index (χ4v) is 5.48. The summed E-state index contributed by atoms with van der Waals surface area (Å²) in [6, 6.07) is 16.6. The molecule has 0 aliphatic rings. The zero-order chi connectivity index (χ0) is 35.6. The van der Waals surface area contributed by atoms with Crippen LogP contribution in [0, 0.1) is 26.2 Å². The Labute approximate surface area is 292 Å². The standard InChI is InChI=1S/C36H48ClN5O5S/c1-10-31(47-32-17-12-23(3)20-25(32)5)34(43)39-26-13-15-28(37)30(22-26)41-35(44)33(36(6,7)8)40-29-16-14-27(21-24(29)4)42(11-2)19-18-38-48(45)46-9/h12-17,20-22,31,38H,10-11,18-19H2,1-9H3,(H,39,43)(H,41,44). The van der Waals surface area contributed by atoms with Crippen molar-refractivity contribution >= 4 is 63.1 Å². The van der Waals surface area contributed by atoms with Gasteiger partial charge in [-0.1, -0.05) is 57.0 Å². The van der Waals surface area contributed by atoms with E-state index in [-0.39, 0.29) is 5.91 Å². The lowest BCUT2D eigenvalue weighted by atomic mass is 9.89. The van der Waals surface area contributed by atoms with E-state index in [1.807, 2.05) is 91.8 Å². The minimum Gasteiger partial charge on any atom is -0.480 e. The first-order valence-corrected chi connectivity index (χ1v) is 17.4. The number of halogens is 1. The molecular formula is C36H48ClN5O5S. The summed E-state index contributed by atoms with van der Waals surface area (Å²) in [5, 5.41) is 6.12. The number of anilines is 3. The van der Waals surface area contributed by atoms with E-state index in [1.54, 1.807) is 18.2 Å². The number of amides is 2. The summed E-state index contributed by atoms with van der Waals surface area (Å²) in [7, 11) is 1.38. The number of rotatable bonds is 15. The van der Waals surface area contributed by atoms with Gasteiger partial charge >= 0.3 is 0 Å². The van der Waals surface area contributed by atoms with E-state index in [0.717, 1.165) is 28.9 Å². The van der Waals surface area contributed by atoms with E-state index >= 15 is 0 Å². The van der Waals surface area contributed by atoms with E-state index in [4.69, 9.17) is 25.5 Å². The number of hydrogen-bond acceptors (Lipinski definition) is 7. The Hall–Kier alpha value is -3.77. The molecule has 0 heterocycles. The number of nitrogens with one attached hydrogen (secondary N) is 3. The maximum atomic E-state index is 13.7. The largest absolute Gasteiger partial charge is 0.480 e. The first-order chi connectivity index (χ1) is 22.7. The van der Waals surface area contributed by atoms with Gasteiger partial charge in [-0.25, -0.2) is 13.9 Å². The van der Waals surface area contributed by atoms with Crippen molar-refractivity contribution < 1.29 is 22.7 Å². The van der Waals surface area contributed by atoms with E-state index in [2.05, 4.69) is 20.3 Å². The number of aliphatic imine (C=N–C) groups is 1. The molecule has 3 aromatic rings. The van der Waals surface area contributed by atoms with E-state index < -0.39 is 28.7 Å². The van der Waals surface area contributed by atoms with Gasteiger partial charge in [-0.15, -0.1) is 0 Å². The Morgan fingerprint density at radius 1 is 0.979 bits per heavy atom. The number of nitrogens with zero attached hydrogens (tertiary/aromatic N) is 2. The summed E-state index contributed by atoms with van der Waals surface area (Å²) in [5.74, 6) is -0.0635. The van der Waals surface area contributed by atoms with Crippen molar-refractivity contribution in [2.24, 2.45) is 10.4 Å². The normalized spacial score (nSPS) is 13.1. The van der Waals surface area contributed by atoms with Crippen LogP contribution in [0.4, 0.5) is 22.7 Å². The number of ether oxygens (including phenoxy) is 1. The average molecular weight is 698 g/mol. The molecule has 0 saturated carbocycles. The van der Waals surface area contributed by atoms with Gasteiger partial charge in [0.05, 0.1) is 23.5 Å². The van der Waals surface area contributed by atoms with Gasteiger partial charge in [0.1, 0.15) is 11.5 Å². The van der Waals surface area contributed by atoms with Gasteiger partial charge in [-0.2, -0.15) is 0 Å². The molecule has 0 fully saturated rings. The first-order valence-electron chi connectivity index (χ1n) is 16.0. The van der Waals surface area contributed by atoms with Gasteiger partial charge in [0.25, 0.3) is 11.8 Å². The molecule has 10 nitrogen and oxygen atoms in total. The number of likely N-dealkylation sites (N-methyl/N-ethyl adjacent to an activating group) is 1. The fourth-order valence-electron chi connectivity index (χ4n) is 4.94. The van der Waals surface area contributed by atoms with Crippen LogP contribution in [0.15, 0.2) is 59.6 Å². The molecule has 0 spiro atoms. The summed E-state index contributed by atoms with van der Waals surface area (Å²) in [6.07, 6.45) is -0.247. The molecule has 2 amide bonds. The van der Waals surface area contributed by atoms with Crippen molar-refractivity contribution in [2.45, 2.75) is 67.9 Å². The minimum absolute atomic E-state index is 0.309. The van der Waals surface area contributed by atoms with Crippen molar-refractivity contribution in [3.05, 3.63) is 76.3 Å². The highest BCUT2D eigenvalue weighted by molar-refractivity contribution is 7.78. The van der Waals surface area contributed by atoms with Crippen molar-refractivity contribution in [3.8, 4) is 5.75 Å². The predicted octanol–water partition coefficient (Wildman–Crippen LogP) is 7.46. The number of carbonyl (C=O) groups is 2. The van der Waals surface area contributed by atoms with E-state index in [0.29, 0.717) is 53.1 Å². The summed E-state index contributed by atoms with van der Waals surface area (Å²) >= 11 is 4.98. The molecule has 260 valence electrons. The Bertz CT molecular complexity index is 1660. The van der Waals surface area contributed by atoms with Crippen LogP contribution in [-0.2, 0) is 25.0 Å². The Kier molecular flexibility index (Phi) is 14.2. The lowest BCUT2D eigenvalue weighted by Gasteiger charge is -2.24. The quantitative estimate of drug-likeness (QED) is 0.142. The molecule has 0 radical (unpaired) electrons. The van der Waals surface area contributed by atoms with Crippen molar-refractivity contribution in [3.63, 3.8) is 0 Å². The lowest BCUT2D eigenvalue weighted by molar-refractivity contribution is -0.122. The second-order valence-corrected chi connectivity index (χ2v) is 14.0. The molecule has 12 heteroatoms. The summed E-state index contributed by atoms with van der Waals surface area (Å²) < 4.78 is 25.2. The van der Waals surface area contributed by atoms with Crippen LogP contribution in [-0.4, -0.2) is 54.6 Å². The maximum Gasteiger partial charge on any atom is 0.270 e. The summed E-state index contributed by atoms with van der Waals surface area (Å²) in [4.78, 5) is 33.9. The Balaban J connectivity index is 1.79. The zero-order valence-corrected chi connectivity index (χ0v) is 30.9. The fraction of sp³-hybridized carbons (Fsp3) is 0.417. The highest BCUT2D eigenvalue weighted by Gasteiger charge is 2.27. The number of aryl methyl sites for hydroxylation is 3. The maximum absolute atomic E-state index is 13.7. The SMILES string of the molecule is CCC(Oc1ccc(C)cc1C)C(=O)Nc1ccc(Cl)c(NC(=O)C(=Nc2ccc(N(CC)CCNS(=O)OC)cc2C)C(C)(C)C)c1. The third-order valence-electron chi connectivity index (χ3n) is 7.58. The molecule has 0 aliphatic heterocycles. The number of carbonyl (C=O) groups excluding carboxylic acids is 2. The Morgan fingerprint density at radius 3 is 2.31 bits per heavy atom. The van der Waals surface area contributed by atoms with Crippen LogP contribution >= 0.6 is 11.6 Å². The van der Waals surface area contributed by atoms with Gasteiger partial charge in [-0.3, -0.25) is 13.8 Å². The first kappa shape index (κ1) is 38.7. The predicted molar refractivity (Wildman–Crippen MR) is 198 cm³/mol. The van der Waals surface area contributed by atoms with Crippen LogP contribution in [0.1, 0.15) is 57.7 Å². The Morgan fingerprint density at radius 2 is 1.71 bits per heavy atom. The topological polar surface area (TPSA) is 121 Å². The third kappa shape index (κ3) is 10.9. The molecule has 3 rings (SSSR count). The van der Waals surface area contributed by atoms with Crippen LogP contribution in [0.5, 0.6) is 5.75 Å². The second-order valence-electron chi connectivity index (χ2n) is 12.5. The summed E-state index contributed by atoms with van der Waals surface area (Å²) in [6.45, 7) is 17.4. The molecule has 3 aromatic carbocycles. The van der Waals surface area contributed by atoms with Gasteiger partial charge < -0.3 is 20.3 Å². The smallest absolute Gasteiger partial charge is 0.270 e.